The van der Waals surface area contributed by atoms with Gasteiger partial charge >= 0.3 is 0 Å². The van der Waals surface area contributed by atoms with Crippen molar-refractivity contribution in [3.63, 3.8) is 0 Å². The van der Waals surface area contributed by atoms with Crippen LogP contribution in [0.15, 0.2) is 18.2 Å². The lowest BCUT2D eigenvalue weighted by Gasteiger charge is -2.20. The third-order valence-electron chi connectivity index (χ3n) is 4.81. The van der Waals surface area contributed by atoms with E-state index in [1.54, 1.807) is 0 Å². The quantitative estimate of drug-likeness (QED) is 0.828. The average Bonchev–Trinajstić information content (AvgIpc) is 3.30. The fraction of sp³-hybridized carbons (Fsp3) is 0.588. The molecule has 126 valence electrons. The van der Waals surface area contributed by atoms with Crippen LogP contribution in [0.3, 0.4) is 0 Å². The number of β-amino-alcohol motifs (C(OH)–C–C–N with tert-alkyl or cyclic N) is 1. The van der Waals surface area contributed by atoms with E-state index in [1.807, 2.05) is 0 Å². The Bertz CT molecular complexity index is 577. The molecule has 2 aliphatic rings. The lowest BCUT2D eigenvalue weighted by molar-refractivity contribution is 0.0924. The van der Waals surface area contributed by atoms with Gasteiger partial charge in [-0.2, -0.15) is 0 Å². The van der Waals surface area contributed by atoms with Gasteiger partial charge < -0.3 is 15.2 Å². The van der Waals surface area contributed by atoms with Crippen LogP contribution in [0.1, 0.15) is 23.2 Å². The first-order chi connectivity index (χ1) is 11.1. The van der Waals surface area contributed by atoms with Gasteiger partial charge in [0.2, 0.25) is 0 Å². The monoisotopic (exact) mass is 322 g/mol. The van der Waals surface area contributed by atoms with E-state index in [1.165, 1.54) is 38.2 Å². The minimum atomic E-state index is -0.456. The van der Waals surface area contributed by atoms with Crippen LogP contribution in [-0.4, -0.2) is 55.3 Å². The number of halogens is 1. The number of hydrogen-bond donors (Lipinski definition) is 2. The van der Waals surface area contributed by atoms with E-state index >= 15 is 0 Å². The summed E-state index contributed by atoms with van der Waals surface area (Å²) in [6.45, 7) is 2.37. The summed E-state index contributed by atoms with van der Waals surface area (Å²) in [7, 11) is 1.47. The van der Waals surface area contributed by atoms with Gasteiger partial charge in [0.1, 0.15) is 11.6 Å². The number of rotatable bonds is 6. The highest BCUT2D eigenvalue weighted by atomic mass is 19.1. The molecule has 1 aliphatic carbocycles. The molecular formula is C17H23FN2O3. The molecule has 23 heavy (non-hydrogen) atoms. The van der Waals surface area contributed by atoms with Gasteiger partial charge in [0.25, 0.3) is 5.91 Å². The van der Waals surface area contributed by atoms with Gasteiger partial charge in [-0.15, -0.1) is 0 Å². The minimum Gasteiger partial charge on any atom is -0.496 e. The van der Waals surface area contributed by atoms with Gasteiger partial charge in [-0.1, -0.05) is 0 Å². The topological polar surface area (TPSA) is 61.8 Å². The number of likely N-dealkylation sites (tertiary alicyclic amines) is 1. The number of carbonyl (C=O) groups excluding carboxylic acids is 1. The minimum absolute atomic E-state index is 0.0366. The van der Waals surface area contributed by atoms with Crippen LogP contribution in [0.4, 0.5) is 4.39 Å². The maximum Gasteiger partial charge on any atom is 0.255 e. The Hall–Kier alpha value is -1.66. The fourth-order valence-electron chi connectivity index (χ4n) is 3.50. The fourth-order valence-corrected chi connectivity index (χ4v) is 3.50. The Morgan fingerprint density at radius 1 is 1.43 bits per heavy atom. The van der Waals surface area contributed by atoms with E-state index in [0.29, 0.717) is 24.1 Å². The number of hydrogen-bond acceptors (Lipinski definition) is 4. The molecule has 1 saturated carbocycles. The molecule has 2 N–H and O–H groups in total. The number of nitrogens with one attached hydrogen (secondary N) is 1. The van der Waals surface area contributed by atoms with Crippen molar-refractivity contribution in [2.45, 2.75) is 18.9 Å². The molecule has 1 aromatic rings. The first kappa shape index (κ1) is 16.2. The number of benzene rings is 1. The van der Waals surface area contributed by atoms with Crippen LogP contribution in [-0.2, 0) is 0 Å². The van der Waals surface area contributed by atoms with E-state index in [-0.39, 0.29) is 24.1 Å². The van der Waals surface area contributed by atoms with Gasteiger partial charge in [0.15, 0.2) is 0 Å². The Morgan fingerprint density at radius 3 is 2.87 bits per heavy atom. The van der Waals surface area contributed by atoms with Crippen molar-refractivity contribution < 1.29 is 19.0 Å². The predicted octanol–water partition coefficient (Wildman–Crippen LogP) is 1.27. The molecule has 1 aromatic carbocycles. The smallest absolute Gasteiger partial charge is 0.255 e. The predicted molar refractivity (Wildman–Crippen MR) is 83.9 cm³/mol. The average molecular weight is 322 g/mol. The zero-order valence-corrected chi connectivity index (χ0v) is 13.3. The second-order valence-corrected chi connectivity index (χ2v) is 6.41. The van der Waals surface area contributed by atoms with Gasteiger partial charge in [0.05, 0.1) is 19.3 Å². The number of ether oxygens (including phenoxy) is 1. The molecule has 0 spiro atoms. The van der Waals surface area contributed by atoms with Crippen molar-refractivity contribution >= 4 is 5.91 Å². The van der Waals surface area contributed by atoms with E-state index in [0.717, 1.165) is 13.1 Å². The van der Waals surface area contributed by atoms with Crippen LogP contribution in [0, 0.1) is 17.7 Å². The Labute approximate surface area is 135 Å². The highest BCUT2D eigenvalue weighted by molar-refractivity contribution is 5.97. The van der Waals surface area contributed by atoms with E-state index in [4.69, 9.17) is 9.84 Å². The van der Waals surface area contributed by atoms with E-state index in [9.17, 15) is 9.18 Å². The summed E-state index contributed by atoms with van der Waals surface area (Å²) in [5.74, 6) is 0.673. The van der Waals surface area contributed by atoms with E-state index < -0.39 is 5.82 Å². The number of methoxy groups -OCH3 is 1. The van der Waals surface area contributed by atoms with Gasteiger partial charge in [-0.25, -0.2) is 4.39 Å². The Kier molecular flexibility index (Phi) is 4.82. The maximum absolute atomic E-state index is 13.5. The molecule has 1 heterocycles. The van der Waals surface area contributed by atoms with Gasteiger partial charge in [0, 0.05) is 25.7 Å². The molecule has 1 amide bonds. The molecule has 2 atom stereocenters. The number of amides is 1. The first-order valence-corrected chi connectivity index (χ1v) is 8.10. The first-order valence-electron chi connectivity index (χ1n) is 8.10. The standard InChI is InChI=1S/C17H23FN2O3/c1-23-16-5-4-12(18)8-13(16)17(22)19-15-10-20(6-7-21)9-14(15)11-2-3-11/h4-5,8,11,14-15,21H,2-3,6-7,9-10H2,1H3,(H,19,22)/t14-,15+/m1/s1. The summed E-state index contributed by atoms with van der Waals surface area (Å²) in [5, 5.41) is 12.2. The second-order valence-electron chi connectivity index (χ2n) is 6.41. The highest BCUT2D eigenvalue weighted by Crippen LogP contribution is 2.41. The third kappa shape index (κ3) is 3.64. The van der Waals surface area contributed by atoms with Crippen LogP contribution >= 0.6 is 0 Å². The molecule has 3 rings (SSSR count). The molecule has 0 bridgehead atoms. The molecule has 1 aliphatic heterocycles. The molecule has 2 fully saturated rings. The summed E-state index contributed by atoms with van der Waals surface area (Å²) in [6, 6.07) is 3.99. The van der Waals surface area contributed by atoms with Crippen LogP contribution in [0.25, 0.3) is 0 Å². The molecule has 0 aromatic heterocycles. The summed E-state index contributed by atoms with van der Waals surface area (Å²) in [5.41, 5.74) is 0.225. The zero-order valence-electron chi connectivity index (χ0n) is 13.3. The summed E-state index contributed by atoms with van der Waals surface area (Å²) in [6.07, 6.45) is 2.40. The largest absolute Gasteiger partial charge is 0.496 e. The Balaban J connectivity index is 1.72. The molecular weight excluding hydrogens is 299 g/mol. The zero-order chi connectivity index (χ0) is 16.4. The molecule has 0 unspecified atom stereocenters. The highest BCUT2D eigenvalue weighted by Gasteiger charge is 2.42. The van der Waals surface area contributed by atoms with Crippen LogP contribution in [0.5, 0.6) is 5.75 Å². The van der Waals surface area contributed by atoms with Crippen molar-refractivity contribution in [2.24, 2.45) is 11.8 Å². The number of aliphatic hydroxyl groups is 1. The molecule has 5 nitrogen and oxygen atoms in total. The number of carbonyl (C=O) groups is 1. The SMILES string of the molecule is COc1ccc(F)cc1C(=O)N[C@H]1CN(CCO)C[C@@H]1C1CC1. The number of aliphatic hydroxyl groups excluding tert-OH is 1. The second kappa shape index (κ2) is 6.84. The molecule has 6 heteroatoms. The van der Waals surface area contributed by atoms with Crippen molar-refractivity contribution in [3.05, 3.63) is 29.6 Å². The van der Waals surface area contributed by atoms with Gasteiger partial charge in [-0.3, -0.25) is 9.69 Å². The number of nitrogens with zero attached hydrogens (tertiary/aromatic N) is 1. The van der Waals surface area contributed by atoms with Crippen LogP contribution < -0.4 is 10.1 Å². The molecule has 1 saturated heterocycles. The van der Waals surface area contributed by atoms with Crippen molar-refractivity contribution in [3.8, 4) is 5.75 Å². The summed E-state index contributed by atoms with van der Waals surface area (Å²) in [4.78, 5) is 14.7. The summed E-state index contributed by atoms with van der Waals surface area (Å²) >= 11 is 0. The van der Waals surface area contributed by atoms with Crippen molar-refractivity contribution in [1.29, 1.82) is 0 Å². The van der Waals surface area contributed by atoms with Crippen molar-refractivity contribution in [1.82, 2.24) is 10.2 Å². The lowest BCUT2D eigenvalue weighted by atomic mass is 9.97. The lowest BCUT2D eigenvalue weighted by Crippen LogP contribution is -2.41. The third-order valence-corrected chi connectivity index (χ3v) is 4.81. The van der Waals surface area contributed by atoms with Crippen molar-refractivity contribution in [2.75, 3.05) is 33.4 Å². The molecule has 0 radical (unpaired) electrons. The van der Waals surface area contributed by atoms with Crippen LogP contribution in [0.2, 0.25) is 0 Å². The van der Waals surface area contributed by atoms with E-state index in [2.05, 4.69) is 10.2 Å². The summed E-state index contributed by atoms with van der Waals surface area (Å²) < 4.78 is 18.6. The maximum atomic E-state index is 13.5. The Morgan fingerprint density at radius 2 is 2.22 bits per heavy atom. The van der Waals surface area contributed by atoms with Gasteiger partial charge in [-0.05, 0) is 42.9 Å². The normalized spacial score (nSPS) is 24.7.